The molecule has 1 aromatic rings. The second kappa shape index (κ2) is 8.64. The number of hydrogen-bond donors (Lipinski definition) is 1. The fourth-order valence-corrected chi connectivity index (χ4v) is 3.41. The molecule has 2 rings (SSSR count). The van der Waals surface area contributed by atoms with E-state index in [0.29, 0.717) is 12.7 Å². The molecule has 0 radical (unpaired) electrons. The molecule has 1 aliphatic rings. The van der Waals surface area contributed by atoms with E-state index in [-0.39, 0.29) is 0 Å². The Morgan fingerprint density at radius 3 is 2.52 bits per heavy atom. The van der Waals surface area contributed by atoms with Crippen LogP contribution in [-0.4, -0.2) is 19.8 Å². The number of ether oxygens (including phenoxy) is 2. The van der Waals surface area contributed by atoms with Crippen LogP contribution in [0.4, 0.5) is 0 Å². The number of benzene rings is 1. The largest absolute Gasteiger partial charge is 0.490 e. The Balaban J connectivity index is 2.19. The van der Waals surface area contributed by atoms with Gasteiger partial charge in [-0.3, -0.25) is 0 Å². The van der Waals surface area contributed by atoms with Crippen molar-refractivity contribution in [2.24, 2.45) is 0 Å². The summed E-state index contributed by atoms with van der Waals surface area (Å²) < 4.78 is 13.1. The molecule has 1 N–H and O–H groups in total. The molecule has 4 heteroatoms. The molecule has 21 heavy (non-hydrogen) atoms. The number of nitrogens with one attached hydrogen (secondary N) is 1. The number of hydrogen-bond acceptors (Lipinski definition) is 3. The molecule has 1 aliphatic carbocycles. The molecule has 118 valence electrons. The zero-order chi connectivity index (χ0) is 15.1. The highest BCUT2D eigenvalue weighted by molar-refractivity contribution is 9.10. The summed E-state index contributed by atoms with van der Waals surface area (Å²) in [5.74, 6) is 1.71. The maximum absolute atomic E-state index is 6.29. The zero-order valence-electron chi connectivity index (χ0n) is 13.1. The first kappa shape index (κ1) is 16.6. The molecule has 3 nitrogen and oxygen atoms in total. The number of rotatable bonds is 6. The first-order valence-electron chi connectivity index (χ1n) is 8.01. The van der Waals surface area contributed by atoms with Crippen LogP contribution >= 0.6 is 15.9 Å². The van der Waals surface area contributed by atoms with E-state index < -0.39 is 0 Å². The average Bonchev–Trinajstić information content (AvgIpc) is 2.72. The molecule has 0 bridgehead atoms. The van der Waals surface area contributed by atoms with Crippen molar-refractivity contribution in [2.75, 3.05) is 13.7 Å². The van der Waals surface area contributed by atoms with Crippen LogP contribution in [0.5, 0.6) is 11.5 Å². The summed E-state index contributed by atoms with van der Waals surface area (Å²) in [4.78, 5) is 0. The molecule has 0 heterocycles. The van der Waals surface area contributed by atoms with Crippen molar-refractivity contribution >= 4 is 15.9 Å². The van der Waals surface area contributed by atoms with Crippen LogP contribution in [0.15, 0.2) is 16.6 Å². The van der Waals surface area contributed by atoms with Gasteiger partial charge in [-0.25, -0.2) is 0 Å². The van der Waals surface area contributed by atoms with Gasteiger partial charge in [-0.1, -0.05) is 12.8 Å². The monoisotopic (exact) mass is 355 g/mol. The lowest BCUT2D eigenvalue weighted by Gasteiger charge is -2.21. The van der Waals surface area contributed by atoms with Crippen molar-refractivity contribution < 1.29 is 9.47 Å². The molecule has 0 aromatic heterocycles. The maximum atomic E-state index is 6.29. The minimum Gasteiger partial charge on any atom is -0.490 e. The second-order valence-corrected chi connectivity index (χ2v) is 6.45. The molecule has 0 aliphatic heterocycles. The van der Waals surface area contributed by atoms with E-state index in [1.165, 1.54) is 31.2 Å². The fourth-order valence-electron chi connectivity index (χ4n) is 2.83. The molecular weight excluding hydrogens is 330 g/mol. The predicted octanol–water partition coefficient (Wildman–Crippen LogP) is 4.67. The quantitative estimate of drug-likeness (QED) is 0.752. The van der Waals surface area contributed by atoms with Crippen LogP contribution in [0.2, 0.25) is 0 Å². The Labute approximate surface area is 136 Å². The third kappa shape index (κ3) is 4.89. The summed E-state index contributed by atoms with van der Waals surface area (Å²) in [6.45, 7) is 3.48. The van der Waals surface area contributed by atoms with Gasteiger partial charge in [-0.2, -0.15) is 0 Å². The summed E-state index contributed by atoms with van der Waals surface area (Å²) in [7, 11) is 1.95. The first-order chi connectivity index (χ1) is 10.2. The van der Waals surface area contributed by atoms with Gasteiger partial charge < -0.3 is 14.8 Å². The van der Waals surface area contributed by atoms with Crippen molar-refractivity contribution in [3.8, 4) is 11.5 Å². The molecule has 0 unspecified atom stereocenters. The van der Waals surface area contributed by atoms with E-state index in [0.717, 1.165) is 35.4 Å². The molecular formula is C17H26BrNO2. The summed E-state index contributed by atoms with van der Waals surface area (Å²) in [6, 6.07) is 4.20. The van der Waals surface area contributed by atoms with E-state index >= 15 is 0 Å². The molecule has 0 amide bonds. The Morgan fingerprint density at radius 2 is 1.90 bits per heavy atom. The van der Waals surface area contributed by atoms with Crippen LogP contribution in [0.3, 0.4) is 0 Å². The van der Waals surface area contributed by atoms with Gasteiger partial charge in [0.25, 0.3) is 0 Å². The predicted molar refractivity (Wildman–Crippen MR) is 90.2 cm³/mol. The zero-order valence-corrected chi connectivity index (χ0v) is 14.7. The molecule has 1 fully saturated rings. The summed E-state index contributed by atoms with van der Waals surface area (Å²) in [5.41, 5.74) is 1.20. The lowest BCUT2D eigenvalue weighted by molar-refractivity contribution is 0.172. The molecule has 1 aromatic carbocycles. The van der Waals surface area contributed by atoms with Gasteiger partial charge in [0.05, 0.1) is 17.2 Å². The summed E-state index contributed by atoms with van der Waals surface area (Å²) in [5, 5.41) is 3.17. The van der Waals surface area contributed by atoms with Crippen molar-refractivity contribution in [2.45, 2.75) is 58.1 Å². The van der Waals surface area contributed by atoms with Crippen molar-refractivity contribution in [3.05, 3.63) is 22.2 Å². The van der Waals surface area contributed by atoms with E-state index in [4.69, 9.17) is 9.47 Å². The van der Waals surface area contributed by atoms with E-state index in [1.807, 2.05) is 14.0 Å². The van der Waals surface area contributed by atoms with Crippen LogP contribution in [0.1, 0.15) is 51.0 Å². The Hall–Kier alpha value is -0.740. The standard InChI is InChI=1S/C17H26BrNO2/c1-3-20-16-11-13(12-19-2)10-15(18)17(16)21-14-8-6-4-5-7-9-14/h10-11,14,19H,3-9,12H2,1-2H3. The van der Waals surface area contributed by atoms with Gasteiger partial charge in [-0.05, 0) is 73.3 Å². The van der Waals surface area contributed by atoms with Crippen LogP contribution in [-0.2, 0) is 6.54 Å². The average molecular weight is 356 g/mol. The van der Waals surface area contributed by atoms with Crippen molar-refractivity contribution in [3.63, 3.8) is 0 Å². The van der Waals surface area contributed by atoms with E-state index in [1.54, 1.807) is 0 Å². The molecule has 0 atom stereocenters. The van der Waals surface area contributed by atoms with Gasteiger partial charge in [-0.15, -0.1) is 0 Å². The first-order valence-corrected chi connectivity index (χ1v) is 8.80. The third-order valence-electron chi connectivity index (χ3n) is 3.84. The highest BCUT2D eigenvalue weighted by Gasteiger charge is 2.19. The SMILES string of the molecule is CCOc1cc(CNC)cc(Br)c1OC1CCCCCC1. The van der Waals surface area contributed by atoms with Gasteiger partial charge in [0.1, 0.15) is 0 Å². The lowest BCUT2D eigenvalue weighted by Crippen LogP contribution is -2.16. The molecule has 1 saturated carbocycles. The summed E-state index contributed by atoms with van der Waals surface area (Å²) >= 11 is 3.65. The maximum Gasteiger partial charge on any atom is 0.175 e. The van der Waals surface area contributed by atoms with Crippen molar-refractivity contribution in [1.29, 1.82) is 0 Å². The highest BCUT2D eigenvalue weighted by Crippen LogP contribution is 2.39. The van der Waals surface area contributed by atoms with Crippen LogP contribution in [0.25, 0.3) is 0 Å². The third-order valence-corrected chi connectivity index (χ3v) is 4.43. The van der Waals surface area contributed by atoms with E-state index in [9.17, 15) is 0 Å². The van der Waals surface area contributed by atoms with Crippen molar-refractivity contribution in [1.82, 2.24) is 5.32 Å². The molecule has 0 spiro atoms. The Bertz CT molecular complexity index is 443. The minimum absolute atomic E-state index is 0.318. The van der Waals surface area contributed by atoms with Gasteiger partial charge in [0.15, 0.2) is 11.5 Å². The Morgan fingerprint density at radius 1 is 1.19 bits per heavy atom. The summed E-state index contributed by atoms with van der Waals surface area (Å²) in [6.07, 6.45) is 7.82. The smallest absolute Gasteiger partial charge is 0.175 e. The lowest BCUT2D eigenvalue weighted by atomic mass is 10.1. The normalized spacial score (nSPS) is 16.5. The highest BCUT2D eigenvalue weighted by atomic mass is 79.9. The van der Waals surface area contributed by atoms with Crippen LogP contribution < -0.4 is 14.8 Å². The molecule has 0 saturated heterocycles. The van der Waals surface area contributed by atoms with Gasteiger partial charge in [0, 0.05) is 6.54 Å². The minimum atomic E-state index is 0.318. The van der Waals surface area contributed by atoms with Gasteiger partial charge >= 0.3 is 0 Å². The Kier molecular flexibility index (Phi) is 6.84. The van der Waals surface area contributed by atoms with E-state index in [2.05, 4.69) is 33.4 Å². The topological polar surface area (TPSA) is 30.5 Å². The second-order valence-electron chi connectivity index (χ2n) is 5.60. The van der Waals surface area contributed by atoms with Gasteiger partial charge in [0.2, 0.25) is 0 Å². The fraction of sp³-hybridized carbons (Fsp3) is 0.647. The van der Waals surface area contributed by atoms with Crippen LogP contribution in [0, 0.1) is 0 Å². The number of halogens is 1.